The van der Waals surface area contributed by atoms with Gasteiger partial charge in [-0.25, -0.2) is 9.97 Å². The summed E-state index contributed by atoms with van der Waals surface area (Å²) < 4.78 is 17.7. The number of hydrogen-bond donors (Lipinski definition) is 0. The van der Waals surface area contributed by atoms with Gasteiger partial charge < -0.3 is 9.13 Å². The van der Waals surface area contributed by atoms with Crippen molar-refractivity contribution in [2.75, 3.05) is 6.67 Å². The molecule has 0 saturated carbocycles. The fraction of sp³-hybridized carbons (Fsp3) is 0.211. The Morgan fingerprint density at radius 2 is 2.00 bits per heavy atom. The van der Waals surface area contributed by atoms with Gasteiger partial charge >= 0.3 is 0 Å². The van der Waals surface area contributed by atoms with E-state index in [-0.39, 0.29) is 6.67 Å². The van der Waals surface area contributed by atoms with Crippen LogP contribution in [0.4, 0.5) is 4.39 Å². The maximum atomic E-state index is 12.8. The fourth-order valence-electron chi connectivity index (χ4n) is 3.07. The first kappa shape index (κ1) is 18.1. The molecule has 0 aliphatic carbocycles. The van der Waals surface area contributed by atoms with Gasteiger partial charge in [-0.1, -0.05) is 11.6 Å². The number of rotatable bonds is 6. The first-order valence-corrected chi connectivity index (χ1v) is 9.64. The van der Waals surface area contributed by atoms with Gasteiger partial charge in [0.05, 0.1) is 36.8 Å². The van der Waals surface area contributed by atoms with Crippen molar-refractivity contribution in [2.24, 2.45) is 0 Å². The summed E-state index contributed by atoms with van der Waals surface area (Å²) in [5, 5.41) is 0.632. The second-order valence-corrected chi connectivity index (χ2v) is 7.44. The van der Waals surface area contributed by atoms with Crippen LogP contribution in [0.5, 0.6) is 0 Å². The van der Waals surface area contributed by atoms with Crippen molar-refractivity contribution in [3.05, 3.63) is 64.4 Å². The van der Waals surface area contributed by atoms with Crippen LogP contribution in [0.15, 0.2) is 53.8 Å². The van der Waals surface area contributed by atoms with Crippen LogP contribution in [0.25, 0.3) is 22.4 Å². The monoisotopic (exact) mass is 447 g/mol. The molecule has 0 N–H and O–H groups in total. The smallest absolute Gasteiger partial charge is 0.142 e. The lowest BCUT2D eigenvalue weighted by Crippen LogP contribution is -2.03. The maximum absolute atomic E-state index is 12.8. The molecule has 0 unspecified atom stereocenters. The lowest BCUT2D eigenvalue weighted by atomic mass is 10.2. The molecule has 0 saturated heterocycles. The van der Waals surface area contributed by atoms with Crippen LogP contribution in [0, 0.1) is 0 Å². The number of fused-ring (bicyclic) bond motifs is 1. The molecule has 0 aliphatic rings. The first-order valence-electron chi connectivity index (χ1n) is 8.47. The van der Waals surface area contributed by atoms with Crippen LogP contribution in [0.3, 0.4) is 0 Å². The van der Waals surface area contributed by atoms with Crippen LogP contribution in [-0.4, -0.2) is 30.8 Å². The van der Waals surface area contributed by atoms with Crippen molar-refractivity contribution in [2.45, 2.75) is 19.5 Å². The molecule has 0 bridgehead atoms. The lowest BCUT2D eigenvalue weighted by molar-refractivity contribution is 0.450. The number of nitrogens with zero attached hydrogens (tertiary/aromatic N) is 5. The predicted octanol–water partition coefficient (Wildman–Crippen LogP) is 5.12. The molecule has 5 nitrogen and oxygen atoms in total. The molecular formula is C19H16BrClFN5. The Morgan fingerprint density at radius 1 is 1.11 bits per heavy atom. The molecule has 0 spiro atoms. The van der Waals surface area contributed by atoms with Gasteiger partial charge in [-0.15, -0.1) is 0 Å². The molecule has 0 atom stereocenters. The third kappa shape index (κ3) is 3.75. The van der Waals surface area contributed by atoms with Crippen LogP contribution in [-0.2, 0) is 13.1 Å². The standard InChI is InChI=1S/C19H16BrClFN5/c20-18-10-24-12-26(18)11-13-6-14(9-23-8-13)19-25-16-3-2-15(21)7-17(16)27(19)5-1-4-22/h2-3,6-10,12H,1,4-5,11H2. The lowest BCUT2D eigenvalue weighted by Gasteiger charge is -2.10. The Hall–Kier alpha value is -2.25. The Balaban J connectivity index is 1.77. The molecule has 0 fully saturated rings. The molecule has 0 aliphatic heterocycles. The fourth-order valence-corrected chi connectivity index (χ4v) is 3.58. The Kier molecular flexibility index (Phi) is 5.22. The maximum Gasteiger partial charge on any atom is 0.142 e. The van der Waals surface area contributed by atoms with Crippen LogP contribution in [0.1, 0.15) is 12.0 Å². The van der Waals surface area contributed by atoms with Gasteiger partial charge in [-0.3, -0.25) is 9.37 Å². The van der Waals surface area contributed by atoms with E-state index in [4.69, 9.17) is 16.6 Å². The Bertz CT molecular complexity index is 1090. The van der Waals surface area contributed by atoms with Crippen molar-refractivity contribution >= 4 is 38.6 Å². The van der Waals surface area contributed by atoms with Gasteiger partial charge in [0.25, 0.3) is 0 Å². The summed E-state index contributed by atoms with van der Waals surface area (Å²) in [7, 11) is 0. The predicted molar refractivity (Wildman–Crippen MR) is 108 cm³/mol. The number of benzene rings is 1. The minimum atomic E-state index is -0.382. The first-order chi connectivity index (χ1) is 13.2. The highest BCUT2D eigenvalue weighted by Crippen LogP contribution is 2.27. The van der Waals surface area contributed by atoms with Crippen molar-refractivity contribution in [1.82, 2.24) is 24.1 Å². The van der Waals surface area contributed by atoms with Crippen molar-refractivity contribution < 1.29 is 4.39 Å². The molecule has 4 aromatic rings. The van der Waals surface area contributed by atoms with Crippen molar-refractivity contribution in [3.8, 4) is 11.4 Å². The summed E-state index contributed by atoms with van der Waals surface area (Å²) >= 11 is 9.63. The number of imidazole rings is 2. The number of aryl methyl sites for hydroxylation is 1. The topological polar surface area (TPSA) is 48.5 Å². The van der Waals surface area contributed by atoms with E-state index in [1.165, 1.54) is 0 Å². The Morgan fingerprint density at radius 3 is 2.78 bits per heavy atom. The largest absolute Gasteiger partial charge is 0.324 e. The molecular weight excluding hydrogens is 433 g/mol. The zero-order valence-corrected chi connectivity index (χ0v) is 16.7. The number of aromatic nitrogens is 5. The number of pyridine rings is 1. The van der Waals surface area contributed by atoms with Crippen LogP contribution in [0.2, 0.25) is 5.02 Å². The van der Waals surface area contributed by atoms with Crippen molar-refractivity contribution in [3.63, 3.8) is 0 Å². The van der Waals surface area contributed by atoms with E-state index < -0.39 is 0 Å². The third-order valence-electron chi connectivity index (χ3n) is 4.29. The summed E-state index contributed by atoms with van der Waals surface area (Å²) in [5.74, 6) is 0.764. The highest BCUT2D eigenvalue weighted by molar-refractivity contribution is 9.10. The van der Waals surface area contributed by atoms with E-state index in [1.807, 2.05) is 39.6 Å². The summed E-state index contributed by atoms with van der Waals surface area (Å²) in [6.45, 7) is 0.782. The summed E-state index contributed by atoms with van der Waals surface area (Å²) in [6.07, 6.45) is 7.52. The van der Waals surface area contributed by atoms with E-state index in [2.05, 4.69) is 25.9 Å². The quantitative estimate of drug-likeness (QED) is 0.411. The van der Waals surface area contributed by atoms with E-state index in [1.54, 1.807) is 18.7 Å². The van der Waals surface area contributed by atoms with Crippen molar-refractivity contribution in [1.29, 1.82) is 0 Å². The van der Waals surface area contributed by atoms with E-state index in [0.29, 0.717) is 24.5 Å². The van der Waals surface area contributed by atoms with Crippen LogP contribution < -0.4 is 0 Å². The zero-order chi connectivity index (χ0) is 18.8. The van der Waals surface area contributed by atoms with Gasteiger partial charge in [0, 0.05) is 29.5 Å². The van der Waals surface area contributed by atoms with Gasteiger partial charge in [-0.2, -0.15) is 0 Å². The molecule has 8 heteroatoms. The summed E-state index contributed by atoms with van der Waals surface area (Å²) in [4.78, 5) is 13.2. The molecule has 27 heavy (non-hydrogen) atoms. The molecule has 3 heterocycles. The number of halogens is 3. The molecule has 0 amide bonds. The third-order valence-corrected chi connectivity index (χ3v) is 5.19. The second-order valence-electron chi connectivity index (χ2n) is 6.19. The van der Waals surface area contributed by atoms with E-state index in [0.717, 1.165) is 32.6 Å². The summed E-state index contributed by atoms with van der Waals surface area (Å²) in [5.41, 5.74) is 3.63. The Labute approximate surface area is 169 Å². The number of alkyl halides is 1. The second kappa shape index (κ2) is 7.78. The highest BCUT2D eigenvalue weighted by atomic mass is 79.9. The molecule has 138 valence electrons. The SMILES string of the molecule is FCCCn1c(-c2cncc(Cn3cncc3Br)c2)nc2ccc(Cl)cc21. The van der Waals surface area contributed by atoms with E-state index in [9.17, 15) is 4.39 Å². The molecule has 4 rings (SSSR count). The average molecular weight is 449 g/mol. The minimum Gasteiger partial charge on any atom is -0.324 e. The minimum absolute atomic E-state index is 0.382. The van der Waals surface area contributed by atoms with Gasteiger partial charge in [-0.05, 0) is 52.2 Å². The zero-order valence-electron chi connectivity index (χ0n) is 14.3. The summed E-state index contributed by atoms with van der Waals surface area (Å²) in [6, 6.07) is 7.61. The highest BCUT2D eigenvalue weighted by Gasteiger charge is 2.14. The van der Waals surface area contributed by atoms with Gasteiger partial charge in [0.1, 0.15) is 10.4 Å². The average Bonchev–Trinajstić information content (AvgIpc) is 3.23. The molecule has 0 radical (unpaired) electrons. The van der Waals surface area contributed by atoms with Gasteiger partial charge in [0.15, 0.2) is 0 Å². The molecule has 1 aromatic carbocycles. The number of hydrogen-bond acceptors (Lipinski definition) is 3. The normalized spacial score (nSPS) is 11.4. The van der Waals surface area contributed by atoms with Gasteiger partial charge in [0.2, 0.25) is 0 Å². The molecule has 3 aromatic heterocycles. The van der Waals surface area contributed by atoms with Crippen LogP contribution >= 0.6 is 27.5 Å². The van der Waals surface area contributed by atoms with E-state index >= 15 is 0 Å².